The average Bonchev–Trinajstić information content (AvgIpc) is 2.78. The summed E-state index contributed by atoms with van der Waals surface area (Å²) in [7, 11) is 0. The molecule has 1 aromatic carbocycles. The maximum atomic E-state index is 11.2. The number of nitrogens with two attached hydrogens (primary N) is 1. The summed E-state index contributed by atoms with van der Waals surface area (Å²) in [6.45, 7) is 0.214. The molecule has 0 spiro atoms. The largest absolute Gasteiger partial charge is 0.396 e. The van der Waals surface area contributed by atoms with Crippen LogP contribution in [-0.2, 0) is 6.42 Å². The first-order valence-corrected chi connectivity index (χ1v) is 6.76. The number of aliphatic hydroxyl groups is 1. The molecule has 2 aromatic rings. The lowest BCUT2D eigenvalue weighted by Crippen LogP contribution is -2.10. The molecule has 1 aromatic heterocycles. The minimum absolute atomic E-state index is 0.214. The van der Waals surface area contributed by atoms with Crippen molar-refractivity contribution in [2.75, 3.05) is 6.61 Å². The fraction of sp³-hybridized carbons (Fsp3) is 0.400. The molecule has 0 bridgehead atoms. The first-order chi connectivity index (χ1) is 9.20. The first kappa shape index (κ1) is 12.2. The van der Waals surface area contributed by atoms with Gasteiger partial charge in [0.05, 0.1) is 0 Å². The molecule has 0 saturated carbocycles. The van der Waals surface area contributed by atoms with Crippen LogP contribution in [0.3, 0.4) is 0 Å². The van der Waals surface area contributed by atoms with Gasteiger partial charge >= 0.3 is 0 Å². The molecule has 1 heterocycles. The normalized spacial score (nSPS) is 18.5. The Kier molecular flexibility index (Phi) is 3.03. The Hall–Kier alpha value is -1.81. The van der Waals surface area contributed by atoms with Gasteiger partial charge in [0.1, 0.15) is 0 Å². The van der Waals surface area contributed by atoms with Gasteiger partial charge in [-0.2, -0.15) is 0 Å². The van der Waals surface area contributed by atoms with E-state index in [0.717, 1.165) is 31.2 Å². The van der Waals surface area contributed by atoms with E-state index >= 15 is 0 Å². The minimum Gasteiger partial charge on any atom is -0.396 e. The Morgan fingerprint density at radius 2 is 2.32 bits per heavy atom. The lowest BCUT2D eigenvalue weighted by molar-refractivity contribution is 0.100. The summed E-state index contributed by atoms with van der Waals surface area (Å²) in [5.41, 5.74) is 9.40. The summed E-state index contributed by atoms with van der Waals surface area (Å²) in [6, 6.07) is 5.59. The van der Waals surface area contributed by atoms with Crippen molar-refractivity contribution in [3.63, 3.8) is 0 Å². The van der Waals surface area contributed by atoms with Crippen LogP contribution in [0.15, 0.2) is 18.2 Å². The molecule has 4 N–H and O–H groups in total. The summed E-state index contributed by atoms with van der Waals surface area (Å²) >= 11 is 0. The first-order valence-electron chi connectivity index (χ1n) is 6.76. The fourth-order valence-corrected chi connectivity index (χ4v) is 3.16. The number of H-pyrrole nitrogens is 1. The van der Waals surface area contributed by atoms with Crippen molar-refractivity contribution in [2.24, 2.45) is 5.73 Å². The second kappa shape index (κ2) is 4.70. The van der Waals surface area contributed by atoms with Crippen LogP contribution >= 0.6 is 0 Å². The molecule has 1 aliphatic carbocycles. The number of aromatic nitrogens is 1. The number of aliphatic hydroxyl groups excluding tert-OH is 1. The predicted molar refractivity (Wildman–Crippen MR) is 74.2 cm³/mol. The lowest BCUT2D eigenvalue weighted by Gasteiger charge is -2.21. The molecule has 3 rings (SSSR count). The number of carbonyl (C=O) groups is 1. The van der Waals surface area contributed by atoms with E-state index < -0.39 is 5.91 Å². The minimum atomic E-state index is -0.401. The number of benzene rings is 1. The molecule has 0 fully saturated rings. The van der Waals surface area contributed by atoms with Crippen LogP contribution in [0, 0.1) is 0 Å². The summed E-state index contributed by atoms with van der Waals surface area (Å²) in [6.07, 6.45) is 4.13. The number of primary amides is 1. The zero-order valence-electron chi connectivity index (χ0n) is 10.8. The number of carbonyl (C=O) groups excluding carboxylic acids is 1. The highest BCUT2D eigenvalue weighted by Gasteiger charge is 2.23. The van der Waals surface area contributed by atoms with Gasteiger partial charge < -0.3 is 15.8 Å². The molecule has 1 atom stereocenters. The smallest absolute Gasteiger partial charge is 0.248 e. The van der Waals surface area contributed by atoms with Crippen LogP contribution in [-0.4, -0.2) is 22.6 Å². The third kappa shape index (κ3) is 2.02. The molecule has 0 saturated heterocycles. The fourth-order valence-electron chi connectivity index (χ4n) is 3.16. The molecule has 19 heavy (non-hydrogen) atoms. The maximum Gasteiger partial charge on any atom is 0.248 e. The molecule has 0 aliphatic heterocycles. The molecule has 4 heteroatoms. The standard InChI is InChI=1S/C15H18N2O2/c16-15(19)10-4-5-11-12-3-1-2-9(6-7-18)14(12)17-13(11)8-10/h4-5,8-9,17-18H,1-3,6-7H2,(H2,16,19). The number of fused-ring (bicyclic) bond motifs is 3. The second-order valence-corrected chi connectivity index (χ2v) is 5.24. The van der Waals surface area contributed by atoms with Crippen molar-refractivity contribution in [3.8, 4) is 0 Å². The molecule has 1 unspecified atom stereocenters. The molecule has 4 nitrogen and oxygen atoms in total. The van der Waals surface area contributed by atoms with Gasteiger partial charge in [0.25, 0.3) is 0 Å². The van der Waals surface area contributed by atoms with E-state index in [2.05, 4.69) is 4.98 Å². The van der Waals surface area contributed by atoms with Crippen molar-refractivity contribution >= 4 is 16.8 Å². The zero-order chi connectivity index (χ0) is 13.4. The van der Waals surface area contributed by atoms with Gasteiger partial charge in [0.2, 0.25) is 5.91 Å². The molecule has 1 amide bonds. The topological polar surface area (TPSA) is 79.1 Å². The lowest BCUT2D eigenvalue weighted by atomic mass is 9.85. The number of aryl methyl sites for hydroxylation is 1. The van der Waals surface area contributed by atoms with E-state index in [0.29, 0.717) is 11.5 Å². The van der Waals surface area contributed by atoms with Gasteiger partial charge in [-0.3, -0.25) is 4.79 Å². The van der Waals surface area contributed by atoms with E-state index in [1.54, 1.807) is 6.07 Å². The predicted octanol–water partition coefficient (Wildman–Crippen LogP) is 2.07. The number of amides is 1. The van der Waals surface area contributed by atoms with Crippen molar-refractivity contribution in [3.05, 3.63) is 35.0 Å². The van der Waals surface area contributed by atoms with E-state index in [1.807, 2.05) is 12.1 Å². The van der Waals surface area contributed by atoms with Gasteiger partial charge in [-0.15, -0.1) is 0 Å². The van der Waals surface area contributed by atoms with Crippen LogP contribution in [0.4, 0.5) is 0 Å². The number of nitrogens with one attached hydrogen (secondary N) is 1. The van der Waals surface area contributed by atoms with Crippen LogP contribution in [0.1, 0.15) is 46.8 Å². The van der Waals surface area contributed by atoms with E-state index in [1.165, 1.54) is 16.6 Å². The number of hydrogen-bond acceptors (Lipinski definition) is 2. The van der Waals surface area contributed by atoms with E-state index in [9.17, 15) is 4.79 Å². The molecular formula is C15H18N2O2. The summed E-state index contributed by atoms with van der Waals surface area (Å²) < 4.78 is 0. The zero-order valence-corrected chi connectivity index (χ0v) is 10.8. The maximum absolute atomic E-state index is 11.2. The quantitative estimate of drug-likeness (QED) is 0.788. The molecule has 0 radical (unpaired) electrons. The van der Waals surface area contributed by atoms with E-state index in [-0.39, 0.29) is 6.61 Å². The van der Waals surface area contributed by atoms with Crippen LogP contribution in [0.25, 0.3) is 10.9 Å². The summed E-state index contributed by atoms with van der Waals surface area (Å²) in [5.74, 6) is -0.000409. The highest BCUT2D eigenvalue weighted by atomic mass is 16.3. The van der Waals surface area contributed by atoms with Gasteiger partial charge in [-0.25, -0.2) is 0 Å². The van der Waals surface area contributed by atoms with Gasteiger partial charge in [-0.1, -0.05) is 6.07 Å². The van der Waals surface area contributed by atoms with E-state index in [4.69, 9.17) is 10.8 Å². The van der Waals surface area contributed by atoms with Crippen LogP contribution in [0.2, 0.25) is 0 Å². The second-order valence-electron chi connectivity index (χ2n) is 5.24. The number of rotatable bonds is 3. The van der Waals surface area contributed by atoms with Crippen LogP contribution < -0.4 is 5.73 Å². The Morgan fingerprint density at radius 1 is 1.47 bits per heavy atom. The van der Waals surface area contributed by atoms with Crippen LogP contribution in [0.5, 0.6) is 0 Å². The Labute approximate surface area is 111 Å². The molecular weight excluding hydrogens is 240 g/mol. The third-order valence-electron chi connectivity index (χ3n) is 4.09. The van der Waals surface area contributed by atoms with Gasteiger partial charge in [0, 0.05) is 34.7 Å². The summed E-state index contributed by atoms with van der Waals surface area (Å²) in [4.78, 5) is 14.7. The highest BCUT2D eigenvalue weighted by molar-refractivity contribution is 5.97. The summed E-state index contributed by atoms with van der Waals surface area (Å²) in [5, 5.41) is 10.3. The number of aromatic amines is 1. The monoisotopic (exact) mass is 258 g/mol. The van der Waals surface area contributed by atoms with Crippen molar-refractivity contribution in [1.82, 2.24) is 4.98 Å². The highest BCUT2D eigenvalue weighted by Crippen LogP contribution is 2.37. The SMILES string of the molecule is NC(=O)c1ccc2c3c([nH]c2c1)C(CCO)CCC3. The molecule has 1 aliphatic rings. The Morgan fingerprint density at radius 3 is 3.05 bits per heavy atom. The van der Waals surface area contributed by atoms with Gasteiger partial charge in [0.15, 0.2) is 0 Å². The Bertz CT molecular complexity index is 630. The Balaban J connectivity index is 2.12. The number of hydrogen-bond donors (Lipinski definition) is 3. The van der Waals surface area contributed by atoms with Crippen molar-refractivity contribution in [2.45, 2.75) is 31.6 Å². The van der Waals surface area contributed by atoms with Gasteiger partial charge in [-0.05, 0) is 43.4 Å². The van der Waals surface area contributed by atoms with Crippen molar-refractivity contribution < 1.29 is 9.90 Å². The van der Waals surface area contributed by atoms with Crippen molar-refractivity contribution in [1.29, 1.82) is 0 Å². The average molecular weight is 258 g/mol. The third-order valence-corrected chi connectivity index (χ3v) is 4.09. The molecule has 100 valence electrons.